The van der Waals surface area contributed by atoms with Gasteiger partial charge in [0.15, 0.2) is 11.0 Å². The molecule has 0 amide bonds. The van der Waals surface area contributed by atoms with Crippen molar-refractivity contribution in [3.05, 3.63) is 70.5 Å². The van der Waals surface area contributed by atoms with Crippen LogP contribution < -0.4 is 4.74 Å². The average Bonchev–Trinajstić information content (AvgIpc) is 2.99. The van der Waals surface area contributed by atoms with Crippen molar-refractivity contribution in [1.29, 1.82) is 0 Å². The third-order valence-corrected chi connectivity index (χ3v) is 5.08. The van der Waals surface area contributed by atoms with Crippen molar-refractivity contribution in [2.45, 2.75) is 23.7 Å². The van der Waals surface area contributed by atoms with Crippen LogP contribution in [0, 0.1) is 0 Å². The molecule has 27 heavy (non-hydrogen) atoms. The first-order chi connectivity index (χ1) is 12.8. The summed E-state index contributed by atoms with van der Waals surface area (Å²) in [7, 11) is 1.79. The molecule has 0 fully saturated rings. The highest BCUT2D eigenvalue weighted by Gasteiger charge is 2.30. The Morgan fingerprint density at radius 1 is 1.11 bits per heavy atom. The van der Waals surface area contributed by atoms with Gasteiger partial charge < -0.3 is 9.30 Å². The van der Waals surface area contributed by atoms with Gasteiger partial charge in [0.1, 0.15) is 12.4 Å². The van der Waals surface area contributed by atoms with E-state index in [-0.39, 0.29) is 12.4 Å². The van der Waals surface area contributed by atoms with Crippen LogP contribution in [0.3, 0.4) is 0 Å². The Bertz CT molecular complexity index is 913. The molecule has 1 heterocycles. The summed E-state index contributed by atoms with van der Waals surface area (Å²) >= 11 is 7.36. The van der Waals surface area contributed by atoms with Gasteiger partial charge in [-0.2, -0.15) is 13.2 Å². The zero-order chi connectivity index (χ0) is 19.4. The second kappa shape index (κ2) is 8.22. The van der Waals surface area contributed by atoms with E-state index in [1.165, 1.54) is 23.9 Å². The van der Waals surface area contributed by atoms with Gasteiger partial charge in [0.05, 0.1) is 5.56 Å². The maximum absolute atomic E-state index is 12.8. The summed E-state index contributed by atoms with van der Waals surface area (Å²) in [4.78, 5) is 0. The van der Waals surface area contributed by atoms with Crippen molar-refractivity contribution in [2.24, 2.45) is 7.05 Å². The summed E-state index contributed by atoms with van der Waals surface area (Å²) in [5, 5.41) is 9.52. The van der Waals surface area contributed by atoms with Gasteiger partial charge in [-0.05, 0) is 35.9 Å². The van der Waals surface area contributed by atoms with E-state index in [4.69, 9.17) is 16.3 Å². The van der Waals surface area contributed by atoms with E-state index in [1.807, 2.05) is 24.3 Å². The fraction of sp³-hybridized carbons (Fsp3) is 0.222. The summed E-state index contributed by atoms with van der Waals surface area (Å²) in [6.45, 7) is 0.0202. The predicted octanol–water partition coefficient (Wildman–Crippen LogP) is 5.36. The van der Waals surface area contributed by atoms with Crippen molar-refractivity contribution in [2.75, 3.05) is 0 Å². The molecule has 1 aromatic heterocycles. The number of alkyl halides is 3. The molecule has 0 spiro atoms. The average molecular weight is 414 g/mol. The molecule has 0 atom stereocenters. The Hall–Kier alpha value is -2.19. The summed E-state index contributed by atoms with van der Waals surface area (Å²) in [5.41, 5.74) is 0.339. The highest BCUT2D eigenvalue weighted by Crippen LogP contribution is 2.31. The van der Waals surface area contributed by atoms with Crippen molar-refractivity contribution in [3.8, 4) is 5.75 Å². The summed E-state index contributed by atoms with van der Waals surface area (Å²) in [5.74, 6) is 1.34. The van der Waals surface area contributed by atoms with Crippen molar-refractivity contribution in [1.82, 2.24) is 14.8 Å². The third-order valence-electron chi connectivity index (χ3n) is 3.74. The lowest BCUT2D eigenvalue weighted by Gasteiger charge is -2.10. The summed E-state index contributed by atoms with van der Waals surface area (Å²) < 4.78 is 45.5. The van der Waals surface area contributed by atoms with E-state index in [2.05, 4.69) is 10.2 Å². The van der Waals surface area contributed by atoms with Crippen LogP contribution in [0.4, 0.5) is 13.2 Å². The maximum atomic E-state index is 12.8. The van der Waals surface area contributed by atoms with Crippen LogP contribution in [0.15, 0.2) is 53.7 Å². The monoisotopic (exact) mass is 413 g/mol. The number of nitrogens with zero attached hydrogens (tertiary/aromatic N) is 3. The Labute approximate surface area is 163 Å². The number of rotatable bonds is 6. The van der Waals surface area contributed by atoms with Crippen LogP contribution in [-0.2, 0) is 25.6 Å². The SMILES string of the molecule is Cn1c(COc2cccc(C(F)(F)F)c2)nnc1SCc1ccc(Cl)cc1. The van der Waals surface area contributed by atoms with Crippen molar-refractivity contribution >= 4 is 23.4 Å². The number of benzene rings is 2. The zero-order valence-electron chi connectivity index (χ0n) is 14.2. The molecule has 0 aliphatic carbocycles. The van der Waals surface area contributed by atoms with Gasteiger partial charge in [-0.25, -0.2) is 0 Å². The normalized spacial score (nSPS) is 11.6. The molecule has 0 saturated carbocycles. The van der Waals surface area contributed by atoms with E-state index < -0.39 is 11.7 Å². The molecular formula is C18H15ClF3N3OS. The first kappa shape index (κ1) is 19.6. The minimum atomic E-state index is -4.41. The lowest BCUT2D eigenvalue weighted by molar-refractivity contribution is -0.137. The van der Waals surface area contributed by atoms with Gasteiger partial charge in [-0.3, -0.25) is 0 Å². The molecule has 0 N–H and O–H groups in total. The van der Waals surface area contributed by atoms with E-state index in [0.29, 0.717) is 21.8 Å². The molecule has 3 aromatic rings. The van der Waals surface area contributed by atoms with E-state index in [0.717, 1.165) is 17.7 Å². The van der Waals surface area contributed by atoms with E-state index in [1.54, 1.807) is 11.6 Å². The zero-order valence-corrected chi connectivity index (χ0v) is 15.8. The first-order valence-corrected chi connectivity index (χ1v) is 9.25. The predicted molar refractivity (Wildman–Crippen MR) is 97.8 cm³/mol. The topological polar surface area (TPSA) is 39.9 Å². The van der Waals surface area contributed by atoms with E-state index in [9.17, 15) is 13.2 Å². The number of thioether (sulfide) groups is 1. The standard InChI is InChI=1S/C18H15ClF3N3OS/c1-25-16(10-26-15-4-2-3-13(9-15)18(20,21)22)23-24-17(25)27-11-12-5-7-14(19)8-6-12/h2-9H,10-11H2,1H3. The number of halogens is 4. The quantitative estimate of drug-likeness (QED) is 0.510. The van der Waals surface area contributed by atoms with E-state index >= 15 is 0 Å². The number of hydrogen-bond donors (Lipinski definition) is 0. The van der Waals surface area contributed by atoms with Gasteiger partial charge >= 0.3 is 6.18 Å². The summed E-state index contributed by atoms with van der Waals surface area (Å²) in [6, 6.07) is 12.3. The molecule has 4 nitrogen and oxygen atoms in total. The maximum Gasteiger partial charge on any atom is 0.416 e. The van der Waals surface area contributed by atoms with Gasteiger partial charge in [0.25, 0.3) is 0 Å². The molecule has 142 valence electrons. The van der Waals surface area contributed by atoms with Crippen LogP contribution >= 0.6 is 23.4 Å². The lowest BCUT2D eigenvalue weighted by atomic mass is 10.2. The largest absolute Gasteiger partial charge is 0.486 e. The molecule has 0 radical (unpaired) electrons. The van der Waals surface area contributed by atoms with Gasteiger partial charge in [0.2, 0.25) is 0 Å². The molecule has 0 unspecified atom stereocenters. The molecule has 0 saturated heterocycles. The molecular weight excluding hydrogens is 399 g/mol. The van der Waals surface area contributed by atoms with Crippen molar-refractivity contribution < 1.29 is 17.9 Å². The third kappa shape index (κ3) is 5.17. The fourth-order valence-electron chi connectivity index (χ4n) is 2.24. The Balaban J connectivity index is 1.61. The second-order valence-electron chi connectivity index (χ2n) is 5.69. The smallest absolute Gasteiger partial charge is 0.416 e. The van der Waals surface area contributed by atoms with Crippen molar-refractivity contribution in [3.63, 3.8) is 0 Å². The Morgan fingerprint density at radius 3 is 2.56 bits per heavy atom. The molecule has 0 aliphatic heterocycles. The fourth-order valence-corrected chi connectivity index (χ4v) is 3.25. The first-order valence-electron chi connectivity index (χ1n) is 7.88. The van der Waals surface area contributed by atoms with Crippen LogP contribution in [0.1, 0.15) is 17.0 Å². The molecule has 9 heteroatoms. The number of hydrogen-bond acceptors (Lipinski definition) is 4. The second-order valence-corrected chi connectivity index (χ2v) is 7.07. The molecule has 0 bridgehead atoms. The Morgan fingerprint density at radius 2 is 1.85 bits per heavy atom. The minimum absolute atomic E-state index is 0.0202. The number of aromatic nitrogens is 3. The highest BCUT2D eigenvalue weighted by atomic mass is 35.5. The van der Waals surface area contributed by atoms with Crippen LogP contribution in [0.5, 0.6) is 5.75 Å². The van der Waals surface area contributed by atoms with Crippen LogP contribution in [0.25, 0.3) is 0 Å². The van der Waals surface area contributed by atoms with Crippen LogP contribution in [-0.4, -0.2) is 14.8 Å². The molecule has 0 aliphatic rings. The molecule has 3 rings (SSSR count). The van der Waals surface area contributed by atoms with Gasteiger partial charge in [-0.1, -0.05) is 41.6 Å². The van der Waals surface area contributed by atoms with Gasteiger partial charge in [-0.15, -0.1) is 10.2 Å². The molecule has 2 aromatic carbocycles. The summed E-state index contributed by atoms with van der Waals surface area (Å²) in [6.07, 6.45) is -4.41. The van der Waals surface area contributed by atoms with Gasteiger partial charge in [0, 0.05) is 17.8 Å². The Kier molecular flexibility index (Phi) is 5.96. The van der Waals surface area contributed by atoms with Crippen LogP contribution in [0.2, 0.25) is 5.02 Å². The lowest BCUT2D eigenvalue weighted by Crippen LogP contribution is -2.07. The minimum Gasteiger partial charge on any atom is -0.486 e. The number of ether oxygens (including phenoxy) is 1. The highest BCUT2D eigenvalue weighted by molar-refractivity contribution is 7.98.